The SMILES string of the molecule is [B]c1cccc(C2(C(=O)Nc3cc(ONC)cnc3Nc3ccccc3C)CC2)c1. The Morgan fingerprint density at radius 1 is 1.10 bits per heavy atom. The Kier molecular flexibility index (Phi) is 5.46. The number of aromatic nitrogens is 1. The van der Waals surface area contributed by atoms with Crippen LogP contribution in [0.3, 0.4) is 0 Å². The van der Waals surface area contributed by atoms with Crippen molar-refractivity contribution in [3.63, 3.8) is 0 Å². The predicted molar refractivity (Wildman–Crippen MR) is 120 cm³/mol. The fourth-order valence-corrected chi connectivity index (χ4v) is 3.50. The second-order valence-electron chi connectivity index (χ2n) is 7.47. The van der Waals surface area contributed by atoms with Gasteiger partial charge >= 0.3 is 0 Å². The van der Waals surface area contributed by atoms with E-state index in [4.69, 9.17) is 12.7 Å². The molecule has 1 aromatic heterocycles. The Hall–Kier alpha value is -3.32. The van der Waals surface area contributed by atoms with Crippen LogP contribution in [-0.2, 0) is 10.2 Å². The predicted octanol–water partition coefficient (Wildman–Crippen LogP) is 3.11. The molecule has 0 saturated heterocycles. The minimum atomic E-state index is -0.560. The van der Waals surface area contributed by atoms with E-state index in [-0.39, 0.29) is 5.91 Å². The largest absolute Gasteiger partial charge is 0.407 e. The maximum absolute atomic E-state index is 13.3. The summed E-state index contributed by atoms with van der Waals surface area (Å²) in [5.41, 5.74) is 6.20. The monoisotopic (exact) mass is 398 g/mol. The van der Waals surface area contributed by atoms with E-state index in [0.717, 1.165) is 29.7 Å². The second kappa shape index (κ2) is 8.20. The van der Waals surface area contributed by atoms with E-state index in [0.29, 0.717) is 22.7 Å². The van der Waals surface area contributed by atoms with Gasteiger partial charge in [0, 0.05) is 18.8 Å². The first-order valence-corrected chi connectivity index (χ1v) is 9.85. The molecule has 1 amide bonds. The first-order chi connectivity index (χ1) is 14.5. The van der Waals surface area contributed by atoms with E-state index in [9.17, 15) is 4.79 Å². The lowest BCUT2D eigenvalue weighted by atomic mass is 9.88. The highest BCUT2D eigenvalue weighted by atomic mass is 16.6. The first-order valence-electron chi connectivity index (χ1n) is 9.85. The summed E-state index contributed by atoms with van der Waals surface area (Å²) >= 11 is 0. The van der Waals surface area contributed by atoms with Crippen LogP contribution in [0.1, 0.15) is 24.0 Å². The molecule has 1 aliphatic carbocycles. The number of amides is 1. The highest BCUT2D eigenvalue weighted by molar-refractivity contribution is 6.32. The molecule has 30 heavy (non-hydrogen) atoms. The molecule has 3 aromatic rings. The van der Waals surface area contributed by atoms with Gasteiger partial charge in [-0.05, 0) is 37.0 Å². The van der Waals surface area contributed by atoms with Gasteiger partial charge in [-0.25, -0.2) is 4.98 Å². The van der Waals surface area contributed by atoms with Crippen LogP contribution in [-0.4, -0.2) is 25.8 Å². The zero-order valence-electron chi connectivity index (χ0n) is 17.0. The van der Waals surface area contributed by atoms with Crippen molar-refractivity contribution in [1.82, 2.24) is 10.5 Å². The number of hydroxylamine groups is 1. The van der Waals surface area contributed by atoms with E-state index in [1.54, 1.807) is 19.3 Å². The van der Waals surface area contributed by atoms with E-state index in [1.807, 2.05) is 55.5 Å². The molecule has 4 rings (SSSR count). The third-order valence-electron chi connectivity index (χ3n) is 5.35. The normalized spacial score (nSPS) is 14.1. The van der Waals surface area contributed by atoms with Gasteiger partial charge < -0.3 is 15.5 Å². The van der Waals surface area contributed by atoms with Crippen LogP contribution in [0.4, 0.5) is 17.2 Å². The molecule has 1 saturated carbocycles. The number of anilines is 3. The number of nitrogens with one attached hydrogen (secondary N) is 3. The van der Waals surface area contributed by atoms with Crippen molar-refractivity contribution in [2.75, 3.05) is 17.7 Å². The topological polar surface area (TPSA) is 75.3 Å². The van der Waals surface area contributed by atoms with Crippen LogP contribution >= 0.6 is 0 Å². The van der Waals surface area contributed by atoms with Gasteiger partial charge in [-0.3, -0.25) is 4.79 Å². The molecule has 0 bridgehead atoms. The highest BCUT2D eigenvalue weighted by Crippen LogP contribution is 2.49. The number of benzene rings is 2. The Labute approximate surface area is 177 Å². The minimum Gasteiger partial charge on any atom is -0.407 e. The number of carbonyl (C=O) groups excluding carboxylic acids is 1. The lowest BCUT2D eigenvalue weighted by Crippen LogP contribution is -2.29. The number of pyridine rings is 1. The number of rotatable bonds is 7. The third kappa shape index (κ3) is 4.02. The third-order valence-corrected chi connectivity index (χ3v) is 5.35. The van der Waals surface area contributed by atoms with Crippen LogP contribution in [0, 0.1) is 6.92 Å². The van der Waals surface area contributed by atoms with Gasteiger partial charge in [0.2, 0.25) is 5.91 Å². The first kappa shape index (κ1) is 20.0. The Balaban J connectivity index is 1.64. The van der Waals surface area contributed by atoms with Gasteiger partial charge in [0.1, 0.15) is 7.85 Å². The molecule has 1 heterocycles. The molecular weight excluding hydrogens is 375 g/mol. The molecule has 6 nitrogen and oxygen atoms in total. The average Bonchev–Trinajstić information content (AvgIpc) is 3.54. The molecule has 0 unspecified atom stereocenters. The highest BCUT2D eigenvalue weighted by Gasteiger charge is 2.51. The molecular formula is C23H23BN4O2. The molecule has 2 radical (unpaired) electrons. The van der Waals surface area contributed by atoms with E-state index in [1.165, 1.54) is 0 Å². The minimum absolute atomic E-state index is 0.0793. The molecule has 3 N–H and O–H groups in total. The van der Waals surface area contributed by atoms with Crippen molar-refractivity contribution in [2.24, 2.45) is 0 Å². The summed E-state index contributed by atoms with van der Waals surface area (Å²) in [6, 6.07) is 17.2. The van der Waals surface area contributed by atoms with Gasteiger partial charge in [-0.15, -0.1) is 0 Å². The fourth-order valence-electron chi connectivity index (χ4n) is 3.50. The number of carbonyl (C=O) groups is 1. The van der Waals surface area contributed by atoms with Crippen molar-refractivity contribution in [1.29, 1.82) is 0 Å². The molecule has 0 atom stereocenters. The number of aryl methyl sites for hydroxylation is 1. The quantitative estimate of drug-likeness (QED) is 0.421. The average molecular weight is 398 g/mol. The number of hydrogen-bond acceptors (Lipinski definition) is 5. The van der Waals surface area contributed by atoms with E-state index in [2.05, 4.69) is 21.1 Å². The summed E-state index contributed by atoms with van der Waals surface area (Å²) < 4.78 is 0. The molecule has 150 valence electrons. The fraction of sp³-hybridized carbons (Fsp3) is 0.217. The van der Waals surface area contributed by atoms with Crippen LogP contribution < -0.4 is 26.4 Å². The summed E-state index contributed by atoms with van der Waals surface area (Å²) in [5.74, 6) is 0.964. The maximum Gasteiger partial charge on any atom is 0.235 e. The van der Waals surface area contributed by atoms with Crippen LogP contribution in [0.15, 0.2) is 60.8 Å². The standard InChI is InChI=1S/C23H23BN4O2/c1-15-6-3-4-9-19(15)27-21-20(13-18(14-26-21)30-25-2)28-22(29)23(10-11-23)16-7-5-8-17(24)12-16/h3-9,12-14,25H,10-11H2,1-2H3,(H,26,27)(H,28,29). The molecule has 0 spiro atoms. The van der Waals surface area contributed by atoms with Gasteiger partial charge in [0.25, 0.3) is 0 Å². The van der Waals surface area contributed by atoms with Crippen molar-refractivity contribution in [3.8, 4) is 5.75 Å². The van der Waals surface area contributed by atoms with Gasteiger partial charge in [0.05, 0.1) is 17.3 Å². The number of hydrogen-bond donors (Lipinski definition) is 3. The molecule has 2 aromatic carbocycles. The van der Waals surface area contributed by atoms with Crippen molar-refractivity contribution in [3.05, 3.63) is 71.9 Å². The van der Waals surface area contributed by atoms with Crippen molar-refractivity contribution < 1.29 is 9.63 Å². The lowest BCUT2D eigenvalue weighted by molar-refractivity contribution is -0.118. The zero-order chi connectivity index (χ0) is 21.1. The van der Waals surface area contributed by atoms with E-state index < -0.39 is 5.41 Å². The van der Waals surface area contributed by atoms with E-state index >= 15 is 0 Å². The summed E-state index contributed by atoms with van der Waals surface area (Å²) in [7, 11) is 7.60. The summed E-state index contributed by atoms with van der Waals surface area (Å²) in [6.07, 6.45) is 3.16. The van der Waals surface area contributed by atoms with Crippen molar-refractivity contribution >= 4 is 36.4 Å². The van der Waals surface area contributed by atoms with Gasteiger partial charge in [-0.2, -0.15) is 5.48 Å². The second-order valence-corrected chi connectivity index (χ2v) is 7.47. The lowest BCUT2D eigenvalue weighted by Gasteiger charge is -2.19. The van der Waals surface area contributed by atoms with Gasteiger partial charge in [0.15, 0.2) is 11.6 Å². The molecule has 0 aliphatic heterocycles. The van der Waals surface area contributed by atoms with Crippen LogP contribution in [0.25, 0.3) is 0 Å². The summed E-state index contributed by atoms with van der Waals surface area (Å²) in [6.45, 7) is 2.01. The molecule has 1 fully saturated rings. The van der Waals surface area contributed by atoms with Crippen LogP contribution in [0.2, 0.25) is 0 Å². The number of nitrogens with zero attached hydrogens (tertiary/aromatic N) is 1. The van der Waals surface area contributed by atoms with Crippen molar-refractivity contribution in [2.45, 2.75) is 25.2 Å². The molecule has 1 aliphatic rings. The molecule has 7 heteroatoms. The van der Waals surface area contributed by atoms with Gasteiger partial charge in [-0.1, -0.05) is 47.9 Å². The number of para-hydroxylation sites is 1. The summed E-state index contributed by atoms with van der Waals surface area (Å²) in [4.78, 5) is 23.1. The Morgan fingerprint density at radius 2 is 1.90 bits per heavy atom. The summed E-state index contributed by atoms with van der Waals surface area (Å²) in [5, 5.41) is 6.37. The smallest absolute Gasteiger partial charge is 0.235 e. The Morgan fingerprint density at radius 3 is 2.60 bits per heavy atom. The zero-order valence-corrected chi connectivity index (χ0v) is 17.0. The maximum atomic E-state index is 13.3. The Bertz CT molecular complexity index is 1080. The van der Waals surface area contributed by atoms with Crippen LogP contribution in [0.5, 0.6) is 5.75 Å².